The molecule has 160 valence electrons. The first-order valence-corrected chi connectivity index (χ1v) is 10.8. The van der Waals surface area contributed by atoms with Gasteiger partial charge in [0.1, 0.15) is 6.54 Å². The molecule has 1 amide bonds. The maximum Gasteiger partial charge on any atom is 0.326 e. The van der Waals surface area contributed by atoms with E-state index in [9.17, 15) is 9.59 Å². The summed E-state index contributed by atoms with van der Waals surface area (Å²) in [5, 5.41) is 1.52. The molecule has 0 saturated carbocycles. The Bertz CT molecular complexity index is 1390. The Morgan fingerprint density at radius 2 is 1.97 bits per heavy atom. The van der Waals surface area contributed by atoms with Crippen LogP contribution in [0.3, 0.4) is 0 Å². The highest BCUT2D eigenvalue weighted by Crippen LogP contribution is 2.32. The molecule has 0 spiro atoms. The minimum absolute atomic E-state index is 0.0387. The highest BCUT2D eigenvalue weighted by Gasteiger charge is 2.19. The topological polar surface area (TPSA) is 83.0 Å². The Labute approximate surface area is 190 Å². The Balaban J connectivity index is 1.86. The molecule has 0 atom stereocenters. The molecule has 2 heterocycles. The van der Waals surface area contributed by atoms with Gasteiger partial charge < -0.3 is 18.5 Å². The van der Waals surface area contributed by atoms with E-state index in [4.69, 9.17) is 37.1 Å². The molecule has 2 aromatic carbocycles. The predicted octanol–water partition coefficient (Wildman–Crippen LogP) is 5.07. The molecule has 0 radical (unpaired) electrons. The second-order valence-corrected chi connectivity index (χ2v) is 8.18. The number of hydrogen-bond acceptors (Lipinski definition) is 6. The van der Waals surface area contributed by atoms with Gasteiger partial charge in [-0.15, -0.1) is 0 Å². The summed E-state index contributed by atoms with van der Waals surface area (Å²) in [6.07, 6.45) is 0. The zero-order chi connectivity index (χ0) is 22.1. The third-order valence-electron chi connectivity index (χ3n) is 4.46. The van der Waals surface area contributed by atoms with Crippen molar-refractivity contribution in [2.75, 3.05) is 13.7 Å². The third-order valence-corrected chi connectivity index (χ3v) is 6.30. The summed E-state index contributed by atoms with van der Waals surface area (Å²) in [7, 11) is 1.52. The fraction of sp³-hybridized carbons (Fsp3) is 0.190. The summed E-state index contributed by atoms with van der Waals surface area (Å²) >= 11 is 13.8. The first kappa shape index (κ1) is 21.4. The van der Waals surface area contributed by atoms with Crippen molar-refractivity contribution in [3.8, 4) is 5.75 Å². The fourth-order valence-electron chi connectivity index (χ4n) is 3.12. The minimum atomic E-state index is -0.616. The van der Waals surface area contributed by atoms with E-state index in [2.05, 4.69) is 4.99 Å². The molecule has 0 fully saturated rings. The summed E-state index contributed by atoms with van der Waals surface area (Å²) < 4.78 is 18.1. The summed E-state index contributed by atoms with van der Waals surface area (Å²) in [5.74, 6) is -0.554. The van der Waals surface area contributed by atoms with Gasteiger partial charge in [-0.25, -0.2) is 0 Å². The van der Waals surface area contributed by atoms with Crippen LogP contribution >= 0.6 is 34.5 Å². The summed E-state index contributed by atoms with van der Waals surface area (Å²) in [6, 6.07) is 10.2. The van der Waals surface area contributed by atoms with Gasteiger partial charge >= 0.3 is 11.9 Å². The predicted molar refractivity (Wildman–Crippen MR) is 119 cm³/mol. The molecule has 31 heavy (non-hydrogen) atoms. The number of nitrogens with zero attached hydrogens (tertiary/aromatic N) is 2. The monoisotopic (exact) mass is 478 g/mol. The number of aromatic nitrogens is 1. The molecule has 0 aliphatic heterocycles. The molecular formula is C21H16Cl2N2O5S. The molecule has 0 aliphatic rings. The maximum absolute atomic E-state index is 12.9. The fourth-order valence-corrected chi connectivity index (χ4v) is 4.77. The Hall–Kier alpha value is -2.81. The van der Waals surface area contributed by atoms with E-state index in [0.29, 0.717) is 37.0 Å². The number of esters is 1. The van der Waals surface area contributed by atoms with Crippen LogP contribution in [0.15, 0.2) is 45.8 Å². The van der Waals surface area contributed by atoms with E-state index < -0.39 is 11.9 Å². The van der Waals surface area contributed by atoms with E-state index >= 15 is 0 Å². The number of furan rings is 1. The summed E-state index contributed by atoms with van der Waals surface area (Å²) in [6.45, 7) is 1.76. The van der Waals surface area contributed by atoms with Crippen molar-refractivity contribution >= 4 is 67.6 Å². The van der Waals surface area contributed by atoms with Gasteiger partial charge in [-0.1, -0.05) is 46.7 Å². The van der Waals surface area contributed by atoms with Gasteiger partial charge in [0.25, 0.3) is 0 Å². The number of hydrogen-bond donors (Lipinski definition) is 0. The lowest BCUT2D eigenvalue weighted by atomic mass is 10.2. The first-order valence-electron chi connectivity index (χ1n) is 9.21. The van der Waals surface area contributed by atoms with E-state index in [1.807, 2.05) is 0 Å². The summed E-state index contributed by atoms with van der Waals surface area (Å²) in [4.78, 5) is 29.5. The van der Waals surface area contributed by atoms with Gasteiger partial charge in [0, 0.05) is 5.39 Å². The SMILES string of the molecule is CCOC(=O)Cn1c(=NC(=O)c2cc3cccc(OC)c3o2)sc2c(Cl)ccc(Cl)c21. The number of halogens is 2. The van der Waals surface area contributed by atoms with Crippen molar-refractivity contribution in [3.63, 3.8) is 0 Å². The van der Waals surface area contributed by atoms with Crippen LogP contribution in [0.1, 0.15) is 17.5 Å². The van der Waals surface area contributed by atoms with Gasteiger partial charge in [-0.05, 0) is 31.2 Å². The molecule has 10 heteroatoms. The lowest BCUT2D eigenvalue weighted by Crippen LogP contribution is -2.23. The van der Waals surface area contributed by atoms with Gasteiger partial charge in [0.15, 0.2) is 21.9 Å². The van der Waals surface area contributed by atoms with Crippen LogP contribution in [0.4, 0.5) is 0 Å². The van der Waals surface area contributed by atoms with Gasteiger partial charge in [0.2, 0.25) is 0 Å². The smallest absolute Gasteiger partial charge is 0.326 e. The van der Waals surface area contributed by atoms with Gasteiger partial charge in [-0.2, -0.15) is 4.99 Å². The zero-order valence-electron chi connectivity index (χ0n) is 16.5. The van der Waals surface area contributed by atoms with E-state index in [-0.39, 0.29) is 23.7 Å². The van der Waals surface area contributed by atoms with Crippen molar-refractivity contribution < 1.29 is 23.5 Å². The molecule has 0 N–H and O–H groups in total. The van der Waals surface area contributed by atoms with Crippen LogP contribution in [-0.4, -0.2) is 30.2 Å². The number of carbonyl (C=O) groups is 2. The number of benzene rings is 2. The second-order valence-electron chi connectivity index (χ2n) is 6.39. The molecule has 4 rings (SSSR count). The van der Waals surface area contributed by atoms with Crippen molar-refractivity contribution in [1.29, 1.82) is 0 Å². The number of ether oxygens (including phenoxy) is 2. The number of rotatable bonds is 5. The normalized spacial score (nSPS) is 11.9. The number of amides is 1. The highest BCUT2D eigenvalue weighted by molar-refractivity contribution is 7.17. The van der Waals surface area contributed by atoms with Crippen molar-refractivity contribution in [3.05, 3.63) is 57.0 Å². The number of fused-ring (bicyclic) bond motifs is 2. The van der Waals surface area contributed by atoms with Crippen molar-refractivity contribution in [2.24, 2.45) is 4.99 Å². The molecular weight excluding hydrogens is 463 g/mol. The van der Waals surface area contributed by atoms with Crippen LogP contribution in [0.5, 0.6) is 5.75 Å². The van der Waals surface area contributed by atoms with Crippen LogP contribution in [-0.2, 0) is 16.1 Å². The Morgan fingerprint density at radius 1 is 1.19 bits per heavy atom. The van der Waals surface area contributed by atoms with Gasteiger partial charge in [-0.3, -0.25) is 9.59 Å². The highest BCUT2D eigenvalue weighted by atomic mass is 35.5. The first-order chi connectivity index (χ1) is 14.9. The molecule has 2 aromatic heterocycles. The third kappa shape index (κ3) is 4.06. The largest absolute Gasteiger partial charge is 0.493 e. The van der Waals surface area contributed by atoms with Crippen molar-refractivity contribution in [1.82, 2.24) is 4.57 Å². The lowest BCUT2D eigenvalue weighted by molar-refractivity contribution is -0.143. The van der Waals surface area contributed by atoms with Crippen LogP contribution in [0, 0.1) is 0 Å². The summed E-state index contributed by atoms with van der Waals surface area (Å²) in [5.41, 5.74) is 0.954. The van der Waals surface area contributed by atoms with Gasteiger partial charge in [0.05, 0.1) is 34.0 Å². The number of thiazole rings is 1. The average Bonchev–Trinajstić information content (AvgIpc) is 3.34. The number of para-hydroxylation sites is 1. The molecule has 0 unspecified atom stereocenters. The standard InChI is InChI=1S/C21H16Cl2N2O5S/c1-3-29-16(26)10-25-17-12(22)7-8-13(23)19(17)31-21(25)24-20(27)15-9-11-5-4-6-14(28-2)18(11)30-15/h4-9H,3,10H2,1-2H3. The molecule has 4 aromatic rings. The minimum Gasteiger partial charge on any atom is -0.493 e. The Kier molecular flexibility index (Phi) is 6.04. The Morgan fingerprint density at radius 3 is 2.71 bits per heavy atom. The second kappa shape index (κ2) is 8.74. The zero-order valence-corrected chi connectivity index (χ0v) is 18.8. The van der Waals surface area contributed by atoms with Crippen LogP contribution in [0.2, 0.25) is 10.0 Å². The molecule has 7 nitrogen and oxygen atoms in total. The van der Waals surface area contributed by atoms with E-state index in [1.54, 1.807) is 43.3 Å². The number of methoxy groups -OCH3 is 1. The molecule has 0 saturated heterocycles. The van der Waals surface area contributed by atoms with E-state index in [1.165, 1.54) is 11.7 Å². The average molecular weight is 479 g/mol. The van der Waals surface area contributed by atoms with Crippen molar-refractivity contribution in [2.45, 2.75) is 13.5 Å². The van der Waals surface area contributed by atoms with Crippen LogP contribution in [0.25, 0.3) is 21.2 Å². The maximum atomic E-state index is 12.9. The van der Waals surface area contributed by atoms with E-state index in [0.717, 1.165) is 11.3 Å². The number of carbonyl (C=O) groups excluding carboxylic acids is 2. The quantitative estimate of drug-likeness (QED) is 0.374. The molecule has 0 aliphatic carbocycles. The molecule has 0 bridgehead atoms. The lowest BCUT2D eigenvalue weighted by Gasteiger charge is -2.06. The van der Waals surface area contributed by atoms with Crippen LogP contribution < -0.4 is 9.54 Å².